The molecule has 0 saturated heterocycles. The summed E-state index contributed by atoms with van der Waals surface area (Å²) in [7, 11) is 0. The molecule has 0 aliphatic carbocycles. The van der Waals surface area contributed by atoms with Gasteiger partial charge in [0.1, 0.15) is 6.04 Å². The number of hydrogen-bond acceptors (Lipinski definition) is 4. The highest BCUT2D eigenvalue weighted by atomic mass is 16.2. The lowest BCUT2D eigenvalue weighted by Crippen LogP contribution is -2.51. The number of carbonyl (C=O) groups is 4. The Labute approximate surface area is 117 Å². The summed E-state index contributed by atoms with van der Waals surface area (Å²) in [6.07, 6.45) is 0.413. The van der Waals surface area contributed by atoms with E-state index in [9.17, 15) is 19.2 Å². The first-order valence-corrected chi connectivity index (χ1v) is 6.32. The Hall–Kier alpha value is -2.12. The fraction of sp³-hybridized carbons (Fsp3) is 0.667. The number of hydrogen-bond donors (Lipinski definition) is 4. The van der Waals surface area contributed by atoms with Crippen LogP contribution in [0.25, 0.3) is 0 Å². The number of nitrogens with two attached hydrogens (primary N) is 1. The summed E-state index contributed by atoms with van der Waals surface area (Å²) in [6.45, 7) is 4.60. The van der Waals surface area contributed by atoms with Crippen molar-refractivity contribution in [1.29, 1.82) is 0 Å². The maximum absolute atomic E-state index is 11.8. The smallest absolute Gasteiger partial charge is 0.243 e. The molecular weight excluding hydrogens is 264 g/mol. The Kier molecular flexibility index (Phi) is 7.95. The van der Waals surface area contributed by atoms with E-state index in [1.807, 2.05) is 13.8 Å². The van der Waals surface area contributed by atoms with Crippen LogP contribution in [0, 0.1) is 5.92 Å². The van der Waals surface area contributed by atoms with Crippen molar-refractivity contribution >= 4 is 23.6 Å². The zero-order chi connectivity index (χ0) is 15.7. The van der Waals surface area contributed by atoms with Crippen LogP contribution >= 0.6 is 0 Å². The van der Waals surface area contributed by atoms with E-state index in [-0.39, 0.29) is 24.9 Å². The standard InChI is InChI=1S/C12H22N4O4/c1-7(2)4-9(12(20)15-5-10(13)18)16-11(19)6-14-8(3)17/h7,9H,4-6H2,1-3H3,(H2,13,18)(H,14,17)(H,15,20)(H,16,19)/t9-/m0/s1. The quantitative estimate of drug-likeness (QED) is 0.421. The number of nitrogens with one attached hydrogen (secondary N) is 3. The molecule has 0 radical (unpaired) electrons. The monoisotopic (exact) mass is 286 g/mol. The molecule has 0 unspecified atom stereocenters. The van der Waals surface area contributed by atoms with Gasteiger partial charge in [-0.05, 0) is 12.3 Å². The van der Waals surface area contributed by atoms with Gasteiger partial charge in [0.15, 0.2) is 0 Å². The normalized spacial score (nSPS) is 11.6. The lowest BCUT2D eigenvalue weighted by molar-refractivity contribution is -0.130. The predicted octanol–water partition coefficient (Wildman–Crippen LogP) is -1.75. The fourth-order valence-corrected chi connectivity index (χ4v) is 1.45. The summed E-state index contributed by atoms with van der Waals surface area (Å²) in [5.41, 5.74) is 4.94. The van der Waals surface area contributed by atoms with Gasteiger partial charge in [-0.1, -0.05) is 13.8 Å². The average Bonchev–Trinajstić information content (AvgIpc) is 2.32. The van der Waals surface area contributed by atoms with Crippen LogP contribution in [0.15, 0.2) is 0 Å². The molecule has 0 bridgehead atoms. The molecule has 0 fully saturated rings. The van der Waals surface area contributed by atoms with Gasteiger partial charge >= 0.3 is 0 Å². The van der Waals surface area contributed by atoms with Crippen molar-refractivity contribution in [2.45, 2.75) is 33.2 Å². The Morgan fingerprint density at radius 1 is 1.05 bits per heavy atom. The Balaban J connectivity index is 4.46. The molecule has 0 spiro atoms. The minimum absolute atomic E-state index is 0.167. The highest BCUT2D eigenvalue weighted by Gasteiger charge is 2.21. The van der Waals surface area contributed by atoms with Gasteiger partial charge in [0.2, 0.25) is 23.6 Å². The molecule has 8 heteroatoms. The summed E-state index contributed by atoms with van der Waals surface area (Å²) >= 11 is 0. The molecule has 1 atom stereocenters. The third-order valence-corrected chi connectivity index (χ3v) is 2.29. The molecule has 0 rings (SSSR count). The molecule has 20 heavy (non-hydrogen) atoms. The second kappa shape index (κ2) is 8.89. The third kappa shape index (κ3) is 8.90. The third-order valence-electron chi connectivity index (χ3n) is 2.29. The first kappa shape index (κ1) is 17.9. The molecule has 0 saturated carbocycles. The van der Waals surface area contributed by atoms with E-state index in [4.69, 9.17) is 5.73 Å². The SMILES string of the molecule is CC(=O)NCC(=O)N[C@@H](CC(C)C)C(=O)NCC(N)=O. The zero-order valence-corrected chi connectivity index (χ0v) is 12.0. The van der Waals surface area contributed by atoms with E-state index in [1.165, 1.54) is 6.92 Å². The van der Waals surface area contributed by atoms with Gasteiger partial charge in [0.25, 0.3) is 0 Å². The van der Waals surface area contributed by atoms with Crippen LogP contribution in [0.2, 0.25) is 0 Å². The summed E-state index contributed by atoms with van der Waals surface area (Å²) in [5.74, 6) is -1.78. The molecular formula is C12H22N4O4. The van der Waals surface area contributed by atoms with Crippen molar-refractivity contribution in [3.8, 4) is 0 Å². The van der Waals surface area contributed by atoms with Gasteiger partial charge in [0.05, 0.1) is 13.1 Å². The molecule has 0 aliphatic rings. The summed E-state index contributed by atoms with van der Waals surface area (Å²) < 4.78 is 0. The van der Waals surface area contributed by atoms with Gasteiger partial charge in [-0.2, -0.15) is 0 Å². The molecule has 114 valence electrons. The summed E-state index contributed by atoms with van der Waals surface area (Å²) in [6, 6.07) is -0.768. The molecule has 8 nitrogen and oxygen atoms in total. The maximum atomic E-state index is 11.8. The van der Waals surface area contributed by atoms with Gasteiger partial charge < -0.3 is 21.7 Å². The van der Waals surface area contributed by atoms with Crippen molar-refractivity contribution in [3.63, 3.8) is 0 Å². The second-order valence-electron chi connectivity index (χ2n) is 4.84. The molecule has 5 N–H and O–H groups in total. The van der Waals surface area contributed by atoms with Gasteiger partial charge in [-0.15, -0.1) is 0 Å². The molecule has 4 amide bonds. The van der Waals surface area contributed by atoms with Crippen LogP contribution in [0.1, 0.15) is 27.2 Å². The number of primary amides is 1. The first-order valence-electron chi connectivity index (χ1n) is 6.32. The first-order chi connectivity index (χ1) is 9.22. The van der Waals surface area contributed by atoms with E-state index in [0.717, 1.165) is 0 Å². The predicted molar refractivity (Wildman–Crippen MR) is 72.3 cm³/mol. The molecule has 0 aliphatic heterocycles. The maximum Gasteiger partial charge on any atom is 0.243 e. The topological polar surface area (TPSA) is 130 Å². The fourth-order valence-electron chi connectivity index (χ4n) is 1.45. The lowest BCUT2D eigenvalue weighted by atomic mass is 10.0. The summed E-state index contributed by atoms with van der Waals surface area (Å²) in [4.78, 5) is 44.7. The average molecular weight is 286 g/mol. The van der Waals surface area contributed by atoms with Gasteiger partial charge in [-0.3, -0.25) is 19.2 Å². The van der Waals surface area contributed by atoms with E-state index in [1.54, 1.807) is 0 Å². The number of carbonyl (C=O) groups excluding carboxylic acids is 4. The van der Waals surface area contributed by atoms with Crippen LogP contribution in [-0.4, -0.2) is 42.8 Å². The molecule has 0 aromatic carbocycles. The van der Waals surface area contributed by atoms with Crippen LogP contribution in [0.4, 0.5) is 0 Å². The minimum atomic E-state index is -0.768. The van der Waals surface area contributed by atoms with Crippen molar-refractivity contribution in [2.75, 3.05) is 13.1 Å². The van der Waals surface area contributed by atoms with Crippen LogP contribution < -0.4 is 21.7 Å². The molecule has 0 aromatic heterocycles. The van der Waals surface area contributed by atoms with Crippen LogP contribution in [0.3, 0.4) is 0 Å². The van der Waals surface area contributed by atoms with E-state index in [2.05, 4.69) is 16.0 Å². The zero-order valence-electron chi connectivity index (χ0n) is 12.0. The highest BCUT2D eigenvalue weighted by Crippen LogP contribution is 2.04. The van der Waals surface area contributed by atoms with E-state index in [0.29, 0.717) is 6.42 Å². The van der Waals surface area contributed by atoms with E-state index >= 15 is 0 Å². The molecule has 0 heterocycles. The largest absolute Gasteiger partial charge is 0.368 e. The second-order valence-corrected chi connectivity index (χ2v) is 4.84. The Morgan fingerprint density at radius 2 is 1.65 bits per heavy atom. The van der Waals surface area contributed by atoms with Crippen molar-refractivity contribution in [3.05, 3.63) is 0 Å². The van der Waals surface area contributed by atoms with Crippen molar-refractivity contribution in [1.82, 2.24) is 16.0 Å². The molecule has 0 aromatic rings. The Bertz CT molecular complexity index is 382. The van der Waals surface area contributed by atoms with Gasteiger partial charge in [-0.25, -0.2) is 0 Å². The summed E-state index contributed by atoms with van der Waals surface area (Å²) in [5, 5.41) is 7.19. The minimum Gasteiger partial charge on any atom is -0.368 e. The lowest BCUT2D eigenvalue weighted by Gasteiger charge is -2.19. The van der Waals surface area contributed by atoms with E-state index < -0.39 is 23.8 Å². The highest BCUT2D eigenvalue weighted by molar-refractivity contribution is 5.91. The van der Waals surface area contributed by atoms with Crippen molar-refractivity contribution < 1.29 is 19.2 Å². The van der Waals surface area contributed by atoms with Gasteiger partial charge in [0, 0.05) is 6.92 Å². The van der Waals surface area contributed by atoms with Crippen LogP contribution in [0.5, 0.6) is 0 Å². The number of rotatable bonds is 8. The van der Waals surface area contributed by atoms with Crippen LogP contribution in [-0.2, 0) is 19.2 Å². The van der Waals surface area contributed by atoms with Crippen molar-refractivity contribution in [2.24, 2.45) is 11.7 Å². The number of amides is 4. The Morgan fingerprint density at radius 3 is 2.10 bits per heavy atom.